The molecule has 4 N–H and O–H groups in total. The number of nitrogens with zero attached hydrogens (tertiary/aromatic N) is 1. The number of rotatable bonds is 10. The number of carbonyl (C=O) groups excluding carboxylic acids is 3. The Labute approximate surface area is 228 Å². The van der Waals surface area contributed by atoms with E-state index < -0.39 is 18.1 Å². The molecule has 0 aromatic heterocycles. The fourth-order valence-electron chi connectivity index (χ4n) is 4.32. The van der Waals surface area contributed by atoms with Crippen LogP contribution in [0.25, 0.3) is 0 Å². The molecule has 1 aromatic carbocycles. The Bertz CT molecular complexity index is 784. The molecule has 0 bridgehead atoms. The van der Waals surface area contributed by atoms with Crippen molar-refractivity contribution < 1.29 is 19.1 Å². The molecule has 1 heterocycles. The predicted molar refractivity (Wildman–Crippen MR) is 149 cm³/mol. The fourth-order valence-corrected chi connectivity index (χ4v) is 4.32. The number of hydrogen-bond acceptors (Lipinski definition) is 7. The zero-order valence-corrected chi connectivity index (χ0v) is 23.4. The summed E-state index contributed by atoms with van der Waals surface area (Å²) in [5.41, 5.74) is 0.914. The summed E-state index contributed by atoms with van der Waals surface area (Å²) in [6.07, 6.45) is 3.85. The van der Waals surface area contributed by atoms with Gasteiger partial charge in [0.1, 0.15) is 12.1 Å². The first-order valence-corrected chi connectivity index (χ1v) is 13.2. The first-order chi connectivity index (χ1) is 17.4. The van der Waals surface area contributed by atoms with Crippen molar-refractivity contribution in [2.75, 3.05) is 52.9 Å². The van der Waals surface area contributed by atoms with Gasteiger partial charge in [-0.15, -0.1) is 12.4 Å². The minimum atomic E-state index is -0.827. The van der Waals surface area contributed by atoms with Gasteiger partial charge in [-0.3, -0.25) is 14.5 Å². The molecule has 2 atom stereocenters. The number of carbonyl (C=O) groups is 3. The van der Waals surface area contributed by atoms with Crippen molar-refractivity contribution in [3.8, 4) is 0 Å². The molecule has 1 saturated heterocycles. The lowest BCUT2D eigenvalue weighted by Crippen LogP contribution is -2.54. The number of hydrogen-bond donors (Lipinski definition) is 4. The molecule has 0 aliphatic carbocycles. The van der Waals surface area contributed by atoms with Crippen LogP contribution in [0.5, 0.6) is 0 Å². The van der Waals surface area contributed by atoms with Crippen LogP contribution < -0.4 is 21.3 Å². The van der Waals surface area contributed by atoms with Gasteiger partial charge in [-0.25, -0.2) is 4.79 Å². The van der Waals surface area contributed by atoms with Crippen LogP contribution in [0.2, 0.25) is 0 Å². The normalized spacial score (nSPS) is 17.3. The lowest BCUT2D eigenvalue weighted by atomic mass is 10.0. The number of ether oxygens (including phenoxy) is 1. The van der Waals surface area contributed by atoms with E-state index in [0.29, 0.717) is 12.8 Å². The maximum atomic E-state index is 13.2. The van der Waals surface area contributed by atoms with Gasteiger partial charge in [-0.05, 0) is 76.4 Å². The summed E-state index contributed by atoms with van der Waals surface area (Å²) in [7, 11) is 1.31. The minimum Gasteiger partial charge on any atom is -0.467 e. The lowest BCUT2D eigenvalue weighted by molar-refractivity contribution is -0.145. The van der Waals surface area contributed by atoms with Crippen LogP contribution in [0.1, 0.15) is 45.1 Å². The highest BCUT2D eigenvalue weighted by molar-refractivity contribution is 5.91. The molecular weight excluding hydrogens is 494 g/mol. The molecule has 2 rings (SSSR count). The molecule has 0 saturated carbocycles. The zero-order valence-electron chi connectivity index (χ0n) is 22.6. The highest BCUT2D eigenvalue weighted by Gasteiger charge is 2.28. The topological polar surface area (TPSA) is 112 Å². The predicted octanol–water partition coefficient (Wildman–Crippen LogP) is 1.50. The molecule has 37 heavy (non-hydrogen) atoms. The van der Waals surface area contributed by atoms with Crippen molar-refractivity contribution >= 4 is 30.2 Å². The Hall–Kier alpha value is -2.20. The highest BCUT2D eigenvalue weighted by atomic mass is 35.5. The summed E-state index contributed by atoms with van der Waals surface area (Å²) < 4.78 is 4.93. The van der Waals surface area contributed by atoms with Crippen molar-refractivity contribution in [1.82, 2.24) is 26.2 Å². The van der Waals surface area contributed by atoms with Gasteiger partial charge in [0, 0.05) is 6.42 Å². The van der Waals surface area contributed by atoms with E-state index in [9.17, 15) is 14.4 Å². The van der Waals surface area contributed by atoms with Gasteiger partial charge >= 0.3 is 5.97 Å². The van der Waals surface area contributed by atoms with Gasteiger partial charge in [-0.2, -0.15) is 0 Å². The average Bonchev–Trinajstić information content (AvgIpc) is 2.84. The average molecular weight is 540 g/mol. The smallest absolute Gasteiger partial charge is 0.328 e. The number of halogens is 1. The van der Waals surface area contributed by atoms with Gasteiger partial charge in [0.25, 0.3) is 0 Å². The maximum Gasteiger partial charge on any atom is 0.328 e. The van der Waals surface area contributed by atoms with E-state index in [0.717, 1.165) is 64.1 Å². The van der Waals surface area contributed by atoms with Crippen LogP contribution in [0.3, 0.4) is 0 Å². The quantitative estimate of drug-likeness (QED) is 0.333. The molecule has 210 valence electrons. The molecular formula is C27H46ClN5O4. The molecule has 2 amide bonds. The summed E-state index contributed by atoms with van der Waals surface area (Å²) in [6.45, 7) is 9.74. The van der Waals surface area contributed by atoms with Crippen molar-refractivity contribution in [2.24, 2.45) is 5.92 Å². The van der Waals surface area contributed by atoms with E-state index in [1.165, 1.54) is 7.11 Å². The molecule has 1 aliphatic heterocycles. The molecule has 1 aliphatic rings. The van der Waals surface area contributed by atoms with Gasteiger partial charge in [0.2, 0.25) is 11.8 Å². The summed E-state index contributed by atoms with van der Waals surface area (Å²) in [6, 6.07) is 7.92. The SMILES string of the molecule is COC(=O)[C@H](Cc1ccccc1)NC(=O)[C@H](CC(C)C)NC(=O)CN1CCCNCCCNCCC1.Cl. The maximum absolute atomic E-state index is 13.2. The number of benzene rings is 1. The Morgan fingerprint density at radius 2 is 1.51 bits per heavy atom. The second kappa shape index (κ2) is 19.0. The van der Waals surface area contributed by atoms with E-state index in [-0.39, 0.29) is 36.7 Å². The minimum absolute atomic E-state index is 0. The second-order valence-electron chi connectivity index (χ2n) is 9.86. The number of nitrogens with one attached hydrogen (secondary N) is 4. The third kappa shape index (κ3) is 13.8. The van der Waals surface area contributed by atoms with Crippen molar-refractivity contribution in [3.63, 3.8) is 0 Å². The van der Waals surface area contributed by atoms with Gasteiger partial charge in [-0.1, -0.05) is 44.2 Å². The molecule has 1 aromatic rings. The third-order valence-electron chi connectivity index (χ3n) is 6.17. The Balaban J connectivity index is 0.00000684. The first kappa shape index (κ1) is 32.8. The van der Waals surface area contributed by atoms with Gasteiger partial charge < -0.3 is 26.0 Å². The van der Waals surface area contributed by atoms with Gasteiger partial charge in [0.05, 0.1) is 13.7 Å². The molecule has 0 unspecified atom stereocenters. The third-order valence-corrected chi connectivity index (χ3v) is 6.17. The molecule has 0 spiro atoms. The summed E-state index contributed by atoms with van der Waals surface area (Å²) in [5.74, 6) is -0.874. The Kier molecular flexibility index (Phi) is 16.8. The van der Waals surface area contributed by atoms with Crippen LogP contribution in [-0.4, -0.2) is 87.7 Å². The van der Waals surface area contributed by atoms with Crippen LogP contribution in [0.15, 0.2) is 30.3 Å². The molecule has 1 fully saturated rings. The largest absolute Gasteiger partial charge is 0.467 e. The second-order valence-corrected chi connectivity index (χ2v) is 9.86. The van der Waals surface area contributed by atoms with E-state index >= 15 is 0 Å². The molecule has 0 radical (unpaired) electrons. The van der Waals surface area contributed by atoms with Crippen LogP contribution in [-0.2, 0) is 25.5 Å². The van der Waals surface area contributed by atoms with Crippen molar-refractivity contribution in [2.45, 2.75) is 58.0 Å². The van der Waals surface area contributed by atoms with Crippen LogP contribution in [0, 0.1) is 5.92 Å². The van der Waals surface area contributed by atoms with E-state index in [4.69, 9.17) is 4.74 Å². The van der Waals surface area contributed by atoms with Crippen molar-refractivity contribution in [1.29, 1.82) is 0 Å². The number of methoxy groups -OCH3 is 1. The molecule has 9 nitrogen and oxygen atoms in total. The first-order valence-electron chi connectivity index (χ1n) is 13.2. The fraction of sp³-hybridized carbons (Fsp3) is 0.667. The Morgan fingerprint density at radius 1 is 0.919 bits per heavy atom. The number of esters is 1. The Morgan fingerprint density at radius 3 is 2.08 bits per heavy atom. The molecule has 10 heteroatoms. The monoisotopic (exact) mass is 539 g/mol. The van der Waals surface area contributed by atoms with E-state index in [1.807, 2.05) is 44.2 Å². The standard InChI is InChI=1S/C27H45N5O4.ClH/c1-21(2)18-23(26(34)31-24(27(35)36-3)19-22-10-5-4-6-11-22)30-25(33)20-32-16-8-14-28-12-7-13-29-15-9-17-32;/h4-6,10-11,21,23-24,28-29H,7-9,12-20H2,1-3H3,(H,30,33)(H,31,34);1H/t23-,24-;/m0./s1. The number of amides is 2. The lowest BCUT2D eigenvalue weighted by Gasteiger charge is -2.26. The highest BCUT2D eigenvalue weighted by Crippen LogP contribution is 2.09. The van der Waals surface area contributed by atoms with E-state index in [1.54, 1.807) is 0 Å². The van der Waals surface area contributed by atoms with Gasteiger partial charge in [0.15, 0.2) is 0 Å². The summed E-state index contributed by atoms with van der Waals surface area (Å²) >= 11 is 0. The van der Waals surface area contributed by atoms with Crippen LogP contribution >= 0.6 is 12.4 Å². The van der Waals surface area contributed by atoms with Crippen molar-refractivity contribution in [3.05, 3.63) is 35.9 Å². The summed E-state index contributed by atoms with van der Waals surface area (Å²) in [5, 5.41) is 12.6. The van der Waals surface area contributed by atoms with Crippen LogP contribution in [0.4, 0.5) is 0 Å². The zero-order chi connectivity index (χ0) is 26.2. The summed E-state index contributed by atoms with van der Waals surface area (Å²) in [4.78, 5) is 40.8. The van der Waals surface area contributed by atoms with E-state index in [2.05, 4.69) is 26.2 Å².